The molecule has 0 radical (unpaired) electrons. The summed E-state index contributed by atoms with van der Waals surface area (Å²) in [6.45, 7) is 4.99. The molecule has 172 valence electrons. The maximum atomic E-state index is 12.9. The predicted octanol–water partition coefficient (Wildman–Crippen LogP) is 5.54. The van der Waals surface area contributed by atoms with Gasteiger partial charge in [-0.15, -0.1) is 0 Å². The summed E-state index contributed by atoms with van der Waals surface area (Å²) in [5.41, 5.74) is 7.30. The van der Waals surface area contributed by atoms with Crippen LogP contribution in [0.3, 0.4) is 0 Å². The number of carbonyl (C=O) groups excluding carboxylic acids is 2. The fourth-order valence-electron chi connectivity index (χ4n) is 4.01. The van der Waals surface area contributed by atoms with E-state index in [0.29, 0.717) is 11.1 Å². The molecule has 5 nitrogen and oxygen atoms in total. The lowest BCUT2D eigenvalue weighted by molar-refractivity contribution is 0.102. The van der Waals surface area contributed by atoms with E-state index in [2.05, 4.69) is 24.3 Å². The summed E-state index contributed by atoms with van der Waals surface area (Å²) in [5.74, 6) is 0.659. The van der Waals surface area contributed by atoms with Gasteiger partial charge in [-0.25, -0.2) is 0 Å². The van der Waals surface area contributed by atoms with Gasteiger partial charge in [0.05, 0.1) is 7.11 Å². The molecule has 5 heteroatoms. The van der Waals surface area contributed by atoms with E-state index in [1.807, 2.05) is 62.4 Å². The van der Waals surface area contributed by atoms with Crippen molar-refractivity contribution in [2.75, 3.05) is 33.1 Å². The molecular formula is C28H32N2O3. The second-order valence-corrected chi connectivity index (χ2v) is 8.61. The molecule has 33 heavy (non-hydrogen) atoms. The van der Waals surface area contributed by atoms with Gasteiger partial charge in [0.2, 0.25) is 0 Å². The Hall–Kier alpha value is -3.44. The third kappa shape index (κ3) is 6.08. The molecule has 1 amide bonds. The van der Waals surface area contributed by atoms with Crippen molar-refractivity contribution in [3.05, 3.63) is 82.4 Å². The van der Waals surface area contributed by atoms with Crippen molar-refractivity contribution in [2.45, 2.75) is 26.7 Å². The van der Waals surface area contributed by atoms with Gasteiger partial charge in [-0.2, -0.15) is 0 Å². The van der Waals surface area contributed by atoms with Gasteiger partial charge in [0.15, 0.2) is 0 Å². The first kappa shape index (κ1) is 24.2. The summed E-state index contributed by atoms with van der Waals surface area (Å²) in [5, 5.41) is 3.02. The molecule has 0 saturated heterocycles. The number of rotatable bonds is 9. The van der Waals surface area contributed by atoms with Crippen molar-refractivity contribution in [1.29, 1.82) is 0 Å². The molecule has 0 aliphatic heterocycles. The van der Waals surface area contributed by atoms with Crippen molar-refractivity contribution in [1.82, 2.24) is 4.90 Å². The Labute approximate surface area is 196 Å². The molecule has 3 aromatic carbocycles. The summed E-state index contributed by atoms with van der Waals surface area (Å²) in [6, 6.07) is 17.1. The number of aryl methyl sites for hydroxylation is 3. The summed E-state index contributed by atoms with van der Waals surface area (Å²) in [6.07, 6.45) is 2.69. The number of aldehydes is 1. The number of anilines is 1. The summed E-state index contributed by atoms with van der Waals surface area (Å²) < 4.78 is 5.49. The highest BCUT2D eigenvalue weighted by Gasteiger charge is 2.12. The Kier molecular flexibility index (Phi) is 8.01. The molecule has 0 aliphatic carbocycles. The number of benzene rings is 3. The normalized spacial score (nSPS) is 10.8. The Bertz CT molecular complexity index is 1150. The average Bonchev–Trinajstić information content (AvgIpc) is 2.79. The molecule has 0 atom stereocenters. The molecule has 0 saturated carbocycles. The highest BCUT2D eigenvalue weighted by Crippen LogP contribution is 2.29. The zero-order valence-corrected chi connectivity index (χ0v) is 20.1. The Balaban J connectivity index is 1.77. The first-order valence-corrected chi connectivity index (χ1v) is 11.1. The lowest BCUT2D eigenvalue weighted by Crippen LogP contribution is -2.14. The summed E-state index contributed by atoms with van der Waals surface area (Å²) in [4.78, 5) is 26.1. The first-order valence-electron chi connectivity index (χ1n) is 11.1. The van der Waals surface area contributed by atoms with E-state index in [9.17, 15) is 9.59 Å². The quantitative estimate of drug-likeness (QED) is 0.440. The van der Waals surface area contributed by atoms with E-state index in [0.717, 1.165) is 64.9 Å². The number of ether oxygens (including phenoxy) is 1. The molecule has 3 rings (SSSR count). The Morgan fingerprint density at radius 1 is 0.970 bits per heavy atom. The molecule has 0 bridgehead atoms. The molecule has 0 heterocycles. The second-order valence-electron chi connectivity index (χ2n) is 8.61. The van der Waals surface area contributed by atoms with Crippen LogP contribution >= 0.6 is 0 Å². The number of nitrogens with zero attached hydrogens (tertiary/aromatic N) is 1. The fourth-order valence-corrected chi connectivity index (χ4v) is 4.01. The third-order valence-electron chi connectivity index (χ3n) is 5.76. The van der Waals surface area contributed by atoms with Crippen molar-refractivity contribution >= 4 is 17.9 Å². The zero-order valence-electron chi connectivity index (χ0n) is 20.1. The summed E-state index contributed by atoms with van der Waals surface area (Å²) in [7, 11) is 5.76. The van der Waals surface area contributed by atoms with E-state index >= 15 is 0 Å². The highest BCUT2D eigenvalue weighted by atomic mass is 16.5. The maximum absolute atomic E-state index is 12.9. The number of hydrogen-bond acceptors (Lipinski definition) is 4. The first-order chi connectivity index (χ1) is 15.8. The van der Waals surface area contributed by atoms with Gasteiger partial charge in [-0.1, -0.05) is 18.2 Å². The van der Waals surface area contributed by atoms with Crippen LogP contribution in [0.4, 0.5) is 5.69 Å². The number of methoxy groups -OCH3 is 1. The van der Waals surface area contributed by atoms with Crippen LogP contribution in [-0.2, 0) is 6.42 Å². The number of carbonyl (C=O) groups is 2. The van der Waals surface area contributed by atoms with Crippen LogP contribution < -0.4 is 10.1 Å². The van der Waals surface area contributed by atoms with Crippen LogP contribution in [0.25, 0.3) is 11.1 Å². The summed E-state index contributed by atoms with van der Waals surface area (Å²) >= 11 is 0. The molecule has 0 aliphatic rings. The SMILES string of the molecule is COc1ccc(C(=O)Nc2ccc(-c3ccc(C=O)cc3C)c(C)c2)cc1CCCN(C)C. The van der Waals surface area contributed by atoms with E-state index in [1.54, 1.807) is 13.2 Å². The van der Waals surface area contributed by atoms with E-state index < -0.39 is 0 Å². The van der Waals surface area contributed by atoms with Crippen LogP contribution in [0, 0.1) is 13.8 Å². The van der Waals surface area contributed by atoms with Gasteiger partial charge in [0.1, 0.15) is 12.0 Å². The highest BCUT2D eigenvalue weighted by molar-refractivity contribution is 6.04. The predicted molar refractivity (Wildman–Crippen MR) is 135 cm³/mol. The number of nitrogens with one attached hydrogen (secondary N) is 1. The van der Waals surface area contributed by atoms with Crippen LogP contribution in [0.15, 0.2) is 54.6 Å². The Morgan fingerprint density at radius 2 is 1.67 bits per heavy atom. The number of hydrogen-bond donors (Lipinski definition) is 1. The molecule has 1 N–H and O–H groups in total. The standard InChI is InChI=1S/C28H32N2O3/c1-19-15-21(18-31)8-11-25(19)26-12-10-24(16-20(26)2)29-28(32)23-9-13-27(33-5)22(17-23)7-6-14-30(3)4/h8-13,15-18H,6-7,14H2,1-5H3,(H,29,32). The monoisotopic (exact) mass is 444 g/mol. The molecule has 3 aromatic rings. The van der Waals surface area contributed by atoms with Gasteiger partial charge in [-0.3, -0.25) is 9.59 Å². The Morgan fingerprint density at radius 3 is 2.27 bits per heavy atom. The average molecular weight is 445 g/mol. The van der Waals surface area contributed by atoms with Gasteiger partial charge in [0, 0.05) is 16.8 Å². The van der Waals surface area contributed by atoms with E-state index in [-0.39, 0.29) is 5.91 Å². The smallest absolute Gasteiger partial charge is 0.255 e. The molecule has 0 aromatic heterocycles. The van der Waals surface area contributed by atoms with Crippen molar-refractivity contribution in [2.24, 2.45) is 0 Å². The molecular weight excluding hydrogens is 412 g/mol. The van der Waals surface area contributed by atoms with Crippen LogP contribution in [0.2, 0.25) is 0 Å². The van der Waals surface area contributed by atoms with Crippen LogP contribution in [-0.4, -0.2) is 44.8 Å². The lowest BCUT2D eigenvalue weighted by Gasteiger charge is -2.14. The minimum atomic E-state index is -0.148. The van der Waals surface area contributed by atoms with Crippen molar-refractivity contribution in [3.8, 4) is 16.9 Å². The van der Waals surface area contributed by atoms with Gasteiger partial charge >= 0.3 is 0 Å². The van der Waals surface area contributed by atoms with E-state index in [4.69, 9.17) is 4.74 Å². The molecule has 0 spiro atoms. The minimum Gasteiger partial charge on any atom is -0.496 e. The fraction of sp³-hybridized carbons (Fsp3) is 0.286. The topological polar surface area (TPSA) is 58.6 Å². The van der Waals surface area contributed by atoms with Crippen LogP contribution in [0.1, 0.15) is 43.8 Å². The molecule has 0 unspecified atom stereocenters. The maximum Gasteiger partial charge on any atom is 0.255 e. The second kappa shape index (κ2) is 10.9. The number of amides is 1. The van der Waals surface area contributed by atoms with Gasteiger partial charge in [-0.05, 0) is 112 Å². The van der Waals surface area contributed by atoms with Gasteiger partial charge < -0.3 is 15.0 Å². The largest absolute Gasteiger partial charge is 0.496 e. The molecule has 0 fully saturated rings. The zero-order chi connectivity index (χ0) is 24.0. The third-order valence-corrected chi connectivity index (χ3v) is 5.76. The van der Waals surface area contributed by atoms with Gasteiger partial charge in [0.25, 0.3) is 5.91 Å². The lowest BCUT2D eigenvalue weighted by atomic mass is 9.95. The van der Waals surface area contributed by atoms with Crippen molar-refractivity contribution < 1.29 is 14.3 Å². The minimum absolute atomic E-state index is 0.148. The van der Waals surface area contributed by atoms with E-state index in [1.165, 1.54) is 0 Å². The van der Waals surface area contributed by atoms with Crippen molar-refractivity contribution in [3.63, 3.8) is 0 Å². The van der Waals surface area contributed by atoms with Crippen LogP contribution in [0.5, 0.6) is 5.75 Å².